The van der Waals surface area contributed by atoms with Crippen LogP contribution in [0.5, 0.6) is 0 Å². The minimum atomic E-state index is -0.482. The molecule has 0 unspecified atom stereocenters. The lowest BCUT2D eigenvalue weighted by atomic mass is 10.0. The van der Waals surface area contributed by atoms with Gasteiger partial charge in [0.1, 0.15) is 6.61 Å². The number of hydrogen-bond acceptors (Lipinski definition) is 5. The van der Waals surface area contributed by atoms with E-state index in [0.717, 1.165) is 16.7 Å². The van der Waals surface area contributed by atoms with E-state index in [1.165, 1.54) is 0 Å². The summed E-state index contributed by atoms with van der Waals surface area (Å²) in [6.45, 7) is 0.199. The first-order valence-corrected chi connectivity index (χ1v) is 7.96. The number of esters is 1. The van der Waals surface area contributed by atoms with Gasteiger partial charge in [-0.3, -0.25) is 0 Å². The second-order valence-corrected chi connectivity index (χ2v) is 5.81. The van der Waals surface area contributed by atoms with Gasteiger partial charge in [0.2, 0.25) is 0 Å². The molecule has 25 heavy (non-hydrogen) atoms. The lowest BCUT2D eigenvalue weighted by Gasteiger charge is -2.10. The van der Waals surface area contributed by atoms with Crippen molar-refractivity contribution in [2.24, 2.45) is 0 Å². The van der Waals surface area contributed by atoms with Crippen molar-refractivity contribution in [3.05, 3.63) is 78.0 Å². The fraction of sp³-hybridized carbons (Fsp3) is 0.150. The first-order chi connectivity index (χ1) is 12.1. The topological polar surface area (TPSA) is 55.3 Å². The molecule has 3 rings (SSSR count). The summed E-state index contributed by atoms with van der Waals surface area (Å²) in [6, 6.07) is 21.4. The summed E-state index contributed by atoms with van der Waals surface area (Å²) < 4.78 is 5.31. The highest BCUT2D eigenvalue weighted by Gasteiger charge is 2.10. The maximum absolute atomic E-state index is 12.0. The minimum Gasteiger partial charge on any atom is -0.456 e. The Morgan fingerprint density at radius 3 is 2.16 bits per heavy atom. The van der Waals surface area contributed by atoms with Gasteiger partial charge in [-0.15, -0.1) is 10.2 Å². The minimum absolute atomic E-state index is 0.199. The molecule has 0 spiro atoms. The molecular formula is C20H19N3O2. The van der Waals surface area contributed by atoms with Gasteiger partial charge in [-0.1, -0.05) is 54.6 Å². The highest BCUT2D eigenvalue weighted by molar-refractivity contribution is 5.87. The zero-order chi connectivity index (χ0) is 17.6. The molecule has 0 aliphatic heterocycles. The molecular weight excluding hydrogens is 314 g/mol. The molecule has 5 heteroatoms. The third-order valence-corrected chi connectivity index (χ3v) is 3.75. The average molecular weight is 333 g/mol. The van der Waals surface area contributed by atoms with E-state index in [4.69, 9.17) is 4.74 Å². The molecule has 0 aliphatic carbocycles. The number of ether oxygens (including phenoxy) is 1. The highest BCUT2D eigenvalue weighted by atomic mass is 16.5. The zero-order valence-corrected chi connectivity index (χ0v) is 14.2. The van der Waals surface area contributed by atoms with E-state index >= 15 is 0 Å². The average Bonchev–Trinajstić information content (AvgIpc) is 2.67. The number of rotatable bonds is 5. The fourth-order valence-electron chi connectivity index (χ4n) is 2.32. The Morgan fingerprint density at radius 1 is 0.880 bits per heavy atom. The van der Waals surface area contributed by atoms with E-state index in [2.05, 4.69) is 22.3 Å². The number of hydrogen-bond donors (Lipinski definition) is 0. The number of benzene rings is 2. The van der Waals surface area contributed by atoms with E-state index in [-0.39, 0.29) is 12.3 Å². The number of carbonyl (C=O) groups excluding carboxylic acids is 1. The fourth-order valence-corrected chi connectivity index (χ4v) is 2.32. The molecule has 0 aliphatic rings. The van der Waals surface area contributed by atoms with Gasteiger partial charge in [0.05, 0.1) is 0 Å². The third kappa shape index (κ3) is 4.20. The van der Waals surface area contributed by atoms with Gasteiger partial charge in [-0.25, -0.2) is 4.79 Å². The molecule has 0 atom stereocenters. The molecule has 0 saturated heterocycles. The predicted octanol–water partition coefficient (Wildman–Crippen LogP) is 3.57. The van der Waals surface area contributed by atoms with Crippen molar-refractivity contribution in [3.63, 3.8) is 0 Å². The first-order valence-electron chi connectivity index (χ1n) is 7.96. The van der Waals surface area contributed by atoms with Crippen LogP contribution in [-0.4, -0.2) is 30.3 Å². The first kappa shape index (κ1) is 16.6. The van der Waals surface area contributed by atoms with Crippen LogP contribution in [0.4, 0.5) is 5.82 Å². The number of anilines is 1. The molecule has 1 heterocycles. The summed E-state index contributed by atoms with van der Waals surface area (Å²) in [5.41, 5.74) is 3.40. The van der Waals surface area contributed by atoms with Crippen LogP contribution in [-0.2, 0) is 11.3 Å². The van der Waals surface area contributed by atoms with Crippen molar-refractivity contribution in [3.8, 4) is 11.1 Å². The van der Waals surface area contributed by atoms with Crippen molar-refractivity contribution in [2.45, 2.75) is 6.61 Å². The molecule has 1 aromatic heterocycles. The maximum Gasteiger partial charge on any atom is 0.359 e. The van der Waals surface area contributed by atoms with Crippen molar-refractivity contribution in [1.82, 2.24) is 10.2 Å². The van der Waals surface area contributed by atoms with E-state index < -0.39 is 5.97 Å². The van der Waals surface area contributed by atoms with Crippen LogP contribution in [0.15, 0.2) is 66.7 Å². The number of carbonyl (C=O) groups is 1. The van der Waals surface area contributed by atoms with Crippen LogP contribution >= 0.6 is 0 Å². The van der Waals surface area contributed by atoms with Crippen LogP contribution < -0.4 is 4.90 Å². The van der Waals surface area contributed by atoms with E-state index in [9.17, 15) is 4.79 Å². The van der Waals surface area contributed by atoms with Gasteiger partial charge >= 0.3 is 5.97 Å². The molecule has 0 fully saturated rings. The number of aromatic nitrogens is 2. The van der Waals surface area contributed by atoms with Gasteiger partial charge in [-0.05, 0) is 28.8 Å². The summed E-state index contributed by atoms with van der Waals surface area (Å²) in [4.78, 5) is 13.9. The standard InChI is InChI=1S/C20H19N3O2/c1-23(2)19-13-12-18(21-22-19)20(24)25-14-15-8-10-17(11-9-15)16-6-4-3-5-7-16/h3-13H,14H2,1-2H3. The molecule has 0 saturated carbocycles. The van der Waals surface area contributed by atoms with Crippen molar-refractivity contribution >= 4 is 11.8 Å². The van der Waals surface area contributed by atoms with Crippen LogP contribution in [0, 0.1) is 0 Å². The predicted molar refractivity (Wildman–Crippen MR) is 97.4 cm³/mol. The lowest BCUT2D eigenvalue weighted by molar-refractivity contribution is 0.0464. The Balaban J connectivity index is 1.60. The van der Waals surface area contributed by atoms with Crippen molar-refractivity contribution in [2.75, 3.05) is 19.0 Å². The SMILES string of the molecule is CN(C)c1ccc(C(=O)OCc2ccc(-c3ccccc3)cc2)nn1. The Kier molecular flexibility index (Phi) is 5.04. The summed E-state index contributed by atoms with van der Waals surface area (Å²) >= 11 is 0. The summed E-state index contributed by atoms with van der Waals surface area (Å²) in [5.74, 6) is 0.206. The van der Waals surface area contributed by atoms with Gasteiger partial charge < -0.3 is 9.64 Å². The highest BCUT2D eigenvalue weighted by Crippen LogP contribution is 2.19. The Hall–Kier alpha value is -3.21. The quantitative estimate of drug-likeness (QED) is 0.668. The second kappa shape index (κ2) is 7.57. The lowest BCUT2D eigenvalue weighted by Crippen LogP contribution is -2.14. The molecule has 0 bridgehead atoms. The molecule has 0 N–H and O–H groups in total. The van der Waals surface area contributed by atoms with Gasteiger partial charge in [0.25, 0.3) is 0 Å². The summed E-state index contributed by atoms with van der Waals surface area (Å²) in [7, 11) is 3.72. The Morgan fingerprint density at radius 2 is 1.56 bits per heavy atom. The monoisotopic (exact) mass is 333 g/mol. The zero-order valence-electron chi connectivity index (χ0n) is 14.2. The molecule has 3 aromatic rings. The molecule has 5 nitrogen and oxygen atoms in total. The van der Waals surface area contributed by atoms with Gasteiger partial charge in [-0.2, -0.15) is 0 Å². The van der Waals surface area contributed by atoms with Crippen LogP contribution in [0.3, 0.4) is 0 Å². The van der Waals surface area contributed by atoms with Gasteiger partial charge in [0.15, 0.2) is 11.5 Å². The van der Waals surface area contributed by atoms with Crippen LogP contribution in [0.1, 0.15) is 16.1 Å². The van der Waals surface area contributed by atoms with Crippen LogP contribution in [0.2, 0.25) is 0 Å². The van der Waals surface area contributed by atoms with E-state index in [1.54, 1.807) is 12.1 Å². The summed E-state index contributed by atoms with van der Waals surface area (Å²) in [6.07, 6.45) is 0. The summed E-state index contributed by atoms with van der Waals surface area (Å²) in [5, 5.41) is 7.87. The second-order valence-electron chi connectivity index (χ2n) is 5.81. The molecule has 126 valence electrons. The maximum atomic E-state index is 12.0. The molecule has 0 amide bonds. The normalized spacial score (nSPS) is 10.3. The van der Waals surface area contributed by atoms with Gasteiger partial charge in [0, 0.05) is 14.1 Å². The number of nitrogens with zero attached hydrogens (tertiary/aromatic N) is 3. The Bertz CT molecular complexity index is 829. The third-order valence-electron chi connectivity index (χ3n) is 3.75. The smallest absolute Gasteiger partial charge is 0.359 e. The van der Waals surface area contributed by atoms with Crippen molar-refractivity contribution < 1.29 is 9.53 Å². The largest absolute Gasteiger partial charge is 0.456 e. The molecule has 2 aromatic carbocycles. The van der Waals surface area contributed by atoms with E-state index in [0.29, 0.717) is 5.82 Å². The molecule has 0 radical (unpaired) electrons. The van der Waals surface area contributed by atoms with Crippen molar-refractivity contribution in [1.29, 1.82) is 0 Å². The van der Waals surface area contributed by atoms with E-state index in [1.807, 2.05) is 61.5 Å². The Labute approximate surface area is 146 Å². The van der Waals surface area contributed by atoms with Crippen LogP contribution in [0.25, 0.3) is 11.1 Å².